The summed E-state index contributed by atoms with van der Waals surface area (Å²) in [6.07, 6.45) is 2.82. The second-order valence-electron chi connectivity index (χ2n) is 2.76. The van der Waals surface area contributed by atoms with E-state index in [0.29, 0.717) is 0 Å². The minimum Gasteiger partial charge on any atom is -0.239 e. The lowest BCUT2D eigenvalue weighted by atomic mass is 9.78. The average molecular weight is 116 g/mol. The molecule has 3 aliphatic carbocycles. The Balaban J connectivity index is 2.33. The molecule has 1 fully saturated rings. The van der Waals surface area contributed by atoms with Crippen LogP contribution in [0.3, 0.4) is 0 Å². The van der Waals surface area contributed by atoms with Crippen LogP contribution in [0.5, 0.6) is 0 Å². The molecule has 0 N–H and O–H groups in total. The third-order valence-corrected chi connectivity index (χ3v) is 1.86. The number of rotatable bonds is 0. The van der Waals surface area contributed by atoms with Crippen LogP contribution in [0.2, 0.25) is 0 Å². The Morgan fingerprint density at radius 3 is 1.50 bits per heavy atom. The van der Waals surface area contributed by atoms with Crippen LogP contribution in [0.25, 0.3) is 0 Å². The fourth-order valence-electron chi connectivity index (χ4n) is 1.46. The van der Waals surface area contributed by atoms with E-state index >= 15 is 0 Å². The van der Waals surface area contributed by atoms with Crippen molar-refractivity contribution in [1.29, 1.82) is 0 Å². The molecule has 0 atom stereocenters. The summed E-state index contributed by atoms with van der Waals surface area (Å²) < 4.78 is 25.2. The first-order chi connectivity index (χ1) is 3.62. The second kappa shape index (κ2) is 0.850. The van der Waals surface area contributed by atoms with Crippen molar-refractivity contribution in [1.82, 2.24) is 0 Å². The SMILES string of the molecule is FC12C=CC(F)(C1)C2. The lowest BCUT2D eigenvalue weighted by Gasteiger charge is -2.35. The minimum absolute atomic E-state index is 0.0694. The highest BCUT2D eigenvalue weighted by Gasteiger charge is 2.58. The Morgan fingerprint density at radius 2 is 1.38 bits per heavy atom. The molecule has 3 aliphatic rings. The van der Waals surface area contributed by atoms with Gasteiger partial charge in [-0.15, -0.1) is 0 Å². The van der Waals surface area contributed by atoms with Crippen LogP contribution in [0.1, 0.15) is 12.8 Å². The first kappa shape index (κ1) is 4.48. The Hall–Kier alpha value is -0.400. The van der Waals surface area contributed by atoms with E-state index in [1.807, 2.05) is 0 Å². The van der Waals surface area contributed by atoms with Crippen molar-refractivity contribution in [2.75, 3.05) is 0 Å². The van der Waals surface area contributed by atoms with Crippen molar-refractivity contribution in [3.63, 3.8) is 0 Å². The molecule has 2 heteroatoms. The predicted molar refractivity (Wildman–Crippen MR) is 26.1 cm³/mol. The van der Waals surface area contributed by atoms with Crippen LogP contribution in [-0.2, 0) is 0 Å². The molecule has 3 rings (SSSR count). The molecule has 0 aromatic rings. The van der Waals surface area contributed by atoms with Crippen LogP contribution >= 0.6 is 0 Å². The van der Waals surface area contributed by atoms with Gasteiger partial charge in [0.05, 0.1) is 0 Å². The Bertz CT molecular complexity index is 138. The maximum Gasteiger partial charge on any atom is 0.136 e. The van der Waals surface area contributed by atoms with Crippen molar-refractivity contribution in [2.24, 2.45) is 0 Å². The largest absolute Gasteiger partial charge is 0.239 e. The van der Waals surface area contributed by atoms with Crippen molar-refractivity contribution in [2.45, 2.75) is 24.2 Å². The van der Waals surface area contributed by atoms with Gasteiger partial charge in [-0.1, -0.05) is 0 Å². The molecule has 0 aromatic carbocycles. The molecule has 2 bridgehead atoms. The van der Waals surface area contributed by atoms with Gasteiger partial charge in [-0.25, -0.2) is 8.78 Å². The summed E-state index contributed by atoms with van der Waals surface area (Å²) in [6.45, 7) is 0. The highest BCUT2D eigenvalue weighted by atomic mass is 19.2. The lowest BCUT2D eigenvalue weighted by Crippen LogP contribution is -2.42. The zero-order valence-electron chi connectivity index (χ0n) is 4.32. The summed E-state index contributed by atoms with van der Waals surface area (Å²) in [7, 11) is 0. The molecular formula is C6H6F2. The van der Waals surface area contributed by atoms with Gasteiger partial charge in [0, 0.05) is 12.8 Å². The van der Waals surface area contributed by atoms with Crippen molar-refractivity contribution >= 4 is 0 Å². The molecule has 0 unspecified atom stereocenters. The fourth-order valence-corrected chi connectivity index (χ4v) is 1.46. The van der Waals surface area contributed by atoms with Crippen LogP contribution in [0.15, 0.2) is 12.2 Å². The minimum atomic E-state index is -1.26. The van der Waals surface area contributed by atoms with Crippen molar-refractivity contribution in [3.8, 4) is 0 Å². The van der Waals surface area contributed by atoms with E-state index in [0.717, 1.165) is 0 Å². The Labute approximate surface area is 46.2 Å². The highest BCUT2D eigenvalue weighted by molar-refractivity contribution is 5.31. The van der Waals surface area contributed by atoms with Gasteiger partial charge in [-0.3, -0.25) is 0 Å². The number of hydrogen-bond donors (Lipinski definition) is 0. The topological polar surface area (TPSA) is 0 Å². The third kappa shape index (κ3) is 0.343. The monoisotopic (exact) mass is 116 g/mol. The van der Waals surface area contributed by atoms with E-state index in [-0.39, 0.29) is 12.8 Å². The molecule has 0 aromatic heterocycles. The number of hydrogen-bond acceptors (Lipinski definition) is 0. The summed E-state index contributed by atoms with van der Waals surface area (Å²) >= 11 is 0. The smallest absolute Gasteiger partial charge is 0.136 e. The quantitative estimate of drug-likeness (QED) is 0.423. The lowest BCUT2D eigenvalue weighted by molar-refractivity contribution is -0.000762. The summed E-state index contributed by atoms with van der Waals surface area (Å²) in [5, 5.41) is 0. The van der Waals surface area contributed by atoms with Gasteiger partial charge in [-0.2, -0.15) is 0 Å². The normalized spacial score (nSPS) is 58.8. The Morgan fingerprint density at radius 1 is 1.00 bits per heavy atom. The van der Waals surface area contributed by atoms with Crippen molar-refractivity contribution in [3.05, 3.63) is 12.2 Å². The number of halogens is 2. The number of allylic oxidation sites excluding steroid dienone is 2. The molecule has 0 aliphatic heterocycles. The van der Waals surface area contributed by atoms with Crippen LogP contribution in [-0.4, -0.2) is 11.3 Å². The molecular weight excluding hydrogens is 110 g/mol. The van der Waals surface area contributed by atoms with Crippen molar-refractivity contribution < 1.29 is 8.78 Å². The van der Waals surface area contributed by atoms with E-state index in [1.54, 1.807) is 0 Å². The van der Waals surface area contributed by atoms with Gasteiger partial charge in [0.2, 0.25) is 0 Å². The molecule has 0 radical (unpaired) electrons. The van der Waals surface area contributed by atoms with Gasteiger partial charge < -0.3 is 0 Å². The van der Waals surface area contributed by atoms with E-state index in [1.165, 1.54) is 12.2 Å². The zero-order valence-corrected chi connectivity index (χ0v) is 4.32. The number of alkyl halides is 2. The summed E-state index contributed by atoms with van der Waals surface area (Å²) in [6, 6.07) is 0. The van der Waals surface area contributed by atoms with E-state index < -0.39 is 11.3 Å². The van der Waals surface area contributed by atoms with Gasteiger partial charge in [0.15, 0.2) is 0 Å². The molecule has 0 saturated heterocycles. The van der Waals surface area contributed by atoms with Gasteiger partial charge >= 0.3 is 0 Å². The highest BCUT2D eigenvalue weighted by Crippen LogP contribution is 2.54. The van der Waals surface area contributed by atoms with E-state index in [4.69, 9.17) is 0 Å². The molecule has 1 saturated carbocycles. The first-order valence-corrected chi connectivity index (χ1v) is 2.70. The first-order valence-electron chi connectivity index (χ1n) is 2.70. The molecule has 0 spiro atoms. The fraction of sp³-hybridized carbons (Fsp3) is 0.667. The molecule has 0 nitrogen and oxygen atoms in total. The molecule has 8 heavy (non-hydrogen) atoms. The average Bonchev–Trinajstić information content (AvgIpc) is 1.88. The second-order valence-corrected chi connectivity index (χ2v) is 2.76. The molecule has 0 heterocycles. The van der Waals surface area contributed by atoms with Gasteiger partial charge in [-0.05, 0) is 12.2 Å². The zero-order chi connectivity index (χ0) is 5.83. The maximum absolute atomic E-state index is 12.6. The van der Waals surface area contributed by atoms with Crippen LogP contribution in [0.4, 0.5) is 8.78 Å². The maximum atomic E-state index is 12.6. The Kier molecular flexibility index (Phi) is 0.476. The summed E-state index contributed by atoms with van der Waals surface area (Å²) in [4.78, 5) is 0. The van der Waals surface area contributed by atoms with Gasteiger partial charge in [0.1, 0.15) is 11.3 Å². The van der Waals surface area contributed by atoms with Gasteiger partial charge in [0.25, 0.3) is 0 Å². The molecule has 0 amide bonds. The van der Waals surface area contributed by atoms with Crippen LogP contribution < -0.4 is 0 Å². The van der Waals surface area contributed by atoms with E-state index in [2.05, 4.69) is 0 Å². The molecule has 44 valence electrons. The summed E-state index contributed by atoms with van der Waals surface area (Å²) in [5.41, 5.74) is -2.51. The third-order valence-electron chi connectivity index (χ3n) is 1.86. The standard InChI is InChI=1S/C6H6F2/c7-5-1-2-6(8,3-5)4-5/h1-2H,3-4H2. The predicted octanol–water partition coefficient (Wildman–Crippen LogP) is 1.77. The summed E-state index contributed by atoms with van der Waals surface area (Å²) in [5.74, 6) is 0. The van der Waals surface area contributed by atoms with E-state index in [9.17, 15) is 8.78 Å². The van der Waals surface area contributed by atoms with Crippen LogP contribution in [0, 0.1) is 0 Å².